The van der Waals surface area contributed by atoms with Gasteiger partial charge in [-0.3, -0.25) is 0 Å². The minimum absolute atomic E-state index is 0. The van der Waals surface area contributed by atoms with Crippen LogP contribution >= 0.6 is 0 Å². The van der Waals surface area contributed by atoms with Crippen LogP contribution in [0, 0.1) is 0 Å². The zero-order chi connectivity index (χ0) is 4.00. The molecule has 0 aromatic heterocycles. The van der Waals surface area contributed by atoms with Crippen LogP contribution in [0.2, 0.25) is 0 Å². The van der Waals surface area contributed by atoms with Crippen LogP contribution in [0.15, 0.2) is 0 Å². The average molecular weight is 82.2 g/mol. The summed E-state index contributed by atoms with van der Waals surface area (Å²) in [6.45, 7) is 0. The lowest BCUT2D eigenvalue weighted by Crippen LogP contribution is -1.69. The molecule has 0 bridgehead atoms. The molecule has 0 aromatic rings. The summed E-state index contributed by atoms with van der Waals surface area (Å²) in [6, 6.07) is 0. The fourth-order valence-electron chi connectivity index (χ4n) is 0. The predicted molar refractivity (Wildman–Crippen MR) is 29.1 cm³/mol. The second-order valence-corrected chi connectivity index (χ2v) is 0. The fraction of sp³-hybridized carbons (Fsp3) is 1.00. The van der Waals surface area contributed by atoms with Gasteiger partial charge in [0.15, 0.2) is 0 Å². The van der Waals surface area contributed by atoms with Crippen LogP contribution in [0.5, 0.6) is 0 Å². The molecule has 5 heavy (non-hydrogen) atoms. The van der Waals surface area contributed by atoms with Crippen molar-refractivity contribution < 1.29 is 1.43 Å². The summed E-state index contributed by atoms with van der Waals surface area (Å²) in [5.41, 5.74) is 9.00. The maximum absolute atomic E-state index is 4.50. The Hall–Kier alpha value is -0.0800. The summed E-state index contributed by atoms with van der Waals surface area (Å²) in [6.07, 6.45) is 0. The first-order valence-electron chi connectivity index (χ1n) is 1.15. The Morgan fingerprint density at radius 2 is 1.00 bits per heavy atom. The summed E-state index contributed by atoms with van der Waals surface area (Å²) in [4.78, 5) is 0. The van der Waals surface area contributed by atoms with Crippen molar-refractivity contribution in [2.24, 2.45) is 11.5 Å². The minimum Gasteiger partial charge on any atom is -0.333 e. The van der Waals surface area contributed by atoms with Gasteiger partial charge in [-0.25, -0.2) is 0 Å². The second kappa shape index (κ2) is 5220. The van der Waals surface area contributed by atoms with Crippen molar-refractivity contribution in [3.05, 3.63) is 0 Å². The van der Waals surface area contributed by atoms with E-state index in [1.807, 2.05) is 0 Å². The molecule has 38 valence electrons. The number of hydrogen-bond acceptors (Lipinski definition) is 2. The quantitative estimate of drug-likeness (QED) is 0.433. The third-order valence-electron chi connectivity index (χ3n) is 0. The van der Waals surface area contributed by atoms with E-state index in [0.717, 1.165) is 0 Å². The van der Waals surface area contributed by atoms with Gasteiger partial charge in [0.2, 0.25) is 0 Å². The van der Waals surface area contributed by atoms with Crippen molar-refractivity contribution in [1.82, 2.24) is 0 Å². The van der Waals surface area contributed by atoms with Crippen molar-refractivity contribution in [2.45, 2.75) is 7.43 Å². The molecule has 0 aromatic carbocycles. The van der Waals surface area contributed by atoms with E-state index in [1.165, 1.54) is 14.1 Å². The molecule has 0 saturated heterocycles. The van der Waals surface area contributed by atoms with Gasteiger partial charge in [-0.1, -0.05) is 7.43 Å². The van der Waals surface area contributed by atoms with Gasteiger partial charge in [-0.05, 0) is 14.1 Å². The van der Waals surface area contributed by atoms with Crippen molar-refractivity contribution in [1.29, 1.82) is 0 Å². The van der Waals surface area contributed by atoms with Crippen LogP contribution in [-0.4, -0.2) is 14.1 Å². The summed E-state index contributed by atoms with van der Waals surface area (Å²) in [5, 5.41) is 0. The molecule has 0 aliphatic heterocycles. The third kappa shape index (κ3) is 2260. The Morgan fingerprint density at radius 1 is 1.00 bits per heavy atom. The van der Waals surface area contributed by atoms with Gasteiger partial charge in [-0.2, -0.15) is 0 Å². The molecule has 0 aliphatic carbocycles. The topological polar surface area (TPSA) is 52.0 Å². The molecule has 0 spiro atoms. The first-order valence-corrected chi connectivity index (χ1v) is 1.15. The molecule has 0 amide bonds. The third-order valence-corrected chi connectivity index (χ3v) is 0. The largest absolute Gasteiger partial charge is 0.333 e. The van der Waals surface area contributed by atoms with E-state index in [0.29, 0.717) is 0 Å². The molecule has 0 rings (SSSR count). The first-order chi connectivity index (χ1) is 2.00. The second-order valence-electron chi connectivity index (χ2n) is 0. The lowest BCUT2D eigenvalue weighted by molar-refractivity contribution is 1.48. The van der Waals surface area contributed by atoms with Crippen LogP contribution in [0.25, 0.3) is 0 Å². The minimum atomic E-state index is 0. The Kier molecular flexibility index (Phi) is 21400. The van der Waals surface area contributed by atoms with Crippen molar-refractivity contribution in [2.75, 3.05) is 14.1 Å². The monoisotopic (exact) mass is 82.1 g/mol. The van der Waals surface area contributed by atoms with Crippen LogP contribution in [0.4, 0.5) is 0 Å². The average Bonchev–Trinajstić information content (AvgIpc) is 1.50. The summed E-state index contributed by atoms with van der Waals surface area (Å²) < 4.78 is 0. The highest BCUT2D eigenvalue weighted by atomic mass is 14.4. The van der Waals surface area contributed by atoms with Gasteiger partial charge in [0.25, 0.3) is 0 Å². The van der Waals surface area contributed by atoms with Crippen molar-refractivity contribution in [3.63, 3.8) is 0 Å². The Bertz CT molecular complexity index is 8.75. The number of rotatable bonds is 0. The molecule has 2 nitrogen and oxygen atoms in total. The molecule has 4 N–H and O–H groups in total. The van der Waals surface area contributed by atoms with Crippen molar-refractivity contribution in [3.8, 4) is 0 Å². The highest BCUT2D eigenvalue weighted by molar-refractivity contribution is 3.54. The van der Waals surface area contributed by atoms with Crippen LogP contribution < -0.4 is 11.5 Å². The zero-order valence-corrected chi connectivity index (χ0v) is 3.15. The van der Waals surface area contributed by atoms with Gasteiger partial charge >= 0.3 is 0 Å². The van der Waals surface area contributed by atoms with E-state index in [4.69, 9.17) is 0 Å². The summed E-state index contributed by atoms with van der Waals surface area (Å²) >= 11 is 0. The molecule has 0 radical (unpaired) electrons. The molecule has 0 aliphatic rings. The van der Waals surface area contributed by atoms with Crippen LogP contribution in [-0.2, 0) is 0 Å². The fourth-order valence-corrected chi connectivity index (χ4v) is 0. The molecule has 2 heteroatoms. The lowest BCUT2D eigenvalue weighted by atomic mass is 11.6. The SMILES string of the molecule is C.CN.CN.[3HH]. The maximum atomic E-state index is 4.50. The van der Waals surface area contributed by atoms with Gasteiger partial charge in [0.1, 0.15) is 0 Å². The molecular formula is C3H16N2. The Morgan fingerprint density at radius 3 is 1.00 bits per heavy atom. The summed E-state index contributed by atoms with van der Waals surface area (Å²) in [7, 11) is 3.00. The van der Waals surface area contributed by atoms with Crippen LogP contribution in [0.3, 0.4) is 0 Å². The molecule has 0 atom stereocenters. The standard InChI is InChI=1S/2CH5N.CH4.H2/c2*1-2;;/h2*2H2,1H3;1H4;1H/i;;;1+2. The van der Waals surface area contributed by atoms with E-state index in [2.05, 4.69) is 11.5 Å². The van der Waals surface area contributed by atoms with Crippen molar-refractivity contribution >= 4 is 0 Å². The van der Waals surface area contributed by atoms with E-state index in [1.54, 1.807) is 0 Å². The zero-order valence-electron chi connectivity index (χ0n) is 3.15. The van der Waals surface area contributed by atoms with E-state index >= 15 is 0 Å². The first kappa shape index (κ1) is 20.5. The van der Waals surface area contributed by atoms with E-state index in [-0.39, 0.29) is 8.85 Å². The normalized spacial score (nSPS) is 2.40. The highest BCUT2D eigenvalue weighted by Gasteiger charge is 0.838. The van der Waals surface area contributed by atoms with E-state index < -0.39 is 0 Å². The van der Waals surface area contributed by atoms with Gasteiger partial charge in [0, 0.05) is 1.43 Å². The highest BCUT2D eigenvalue weighted by Crippen LogP contribution is 0.471. The van der Waals surface area contributed by atoms with E-state index in [9.17, 15) is 0 Å². The molecule has 0 heterocycles. The maximum Gasteiger partial charge on any atom is 0 e. The Balaban J connectivity index is -0.00000000500. The molecule has 0 fully saturated rings. The smallest absolute Gasteiger partial charge is 0 e. The lowest BCUT2D eigenvalue weighted by Gasteiger charge is -1.19. The van der Waals surface area contributed by atoms with Gasteiger partial charge in [-0.15, -0.1) is 0 Å². The van der Waals surface area contributed by atoms with Crippen LogP contribution in [0.1, 0.15) is 8.85 Å². The Labute approximate surface area is 35.6 Å². The number of nitrogens with two attached hydrogens (primary N) is 2. The number of hydrogen-bond donors (Lipinski definition) is 2. The molecule has 0 saturated carbocycles. The van der Waals surface area contributed by atoms with Gasteiger partial charge in [0.05, 0.1) is 0 Å². The molecular weight excluding hydrogens is 64.0 g/mol. The van der Waals surface area contributed by atoms with Gasteiger partial charge < -0.3 is 11.5 Å². The molecule has 0 unspecified atom stereocenters. The summed E-state index contributed by atoms with van der Waals surface area (Å²) in [5.74, 6) is 0. The predicted octanol–water partition coefficient (Wildman–Crippen LogP) is 0.0319.